The minimum Gasteiger partial charge on any atom is -0.394 e. The zero-order chi connectivity index (χ0) is 14.9. The molecule has 0 spiro atoms. The van der Waals surface area contributed by atoms with Crippen LogP contribution in [0, 0.1) is 0 Å². The molecule has 116 valence electrons. The van der Waals surface area contributed by atoms with E-state index in [-0.39, 0.29) is 12.6 Å². The number of hydrogen-bond acceptors (Lipinski definition) is 6. The molecule has 0 bridgehead atoms. The van der Waals surface area contributed by atoms with Gasteiger partial charge >= 0.3 is 0 Å². The van der Waals surface area contributed by atoms with Gasteiger partial charge in [-0.3, -0.25) is 0 Å². The minimum absolute atomic E-state index is 0.196. The van der Waals surface area contributed by atoms with Crippen molar-refractivity contribution in [3.05, 3.63) is 34.3 Å². The number of aliphatic hydroxyl groups is 1. The third-order valence-electron chi connectivity index (χ3n) is 4.65. The molecule has 0 radical (unpaired) electrons. The molecule has 1 N–H and O–H groups in total. The summed E-state index contributed by atoms with van der Waals surface area (Å²) in [6.45, 7) is 3.10. The Balaban J connectivity index is 1.57. The van der Waals surface area contributed by atoms with Crippen LogP contribution in [-0.2, 0) is 13.0 Å². The van der Waals surface area contributed by atoms with Crippen LogP contribution in [0.1, 0.15) is 23.3 Å². The van der Waals surface area contributed by atoms with Crippen LogP contribution in [0.5, 0.6) is 0 Å². The van der Waals surface area contributed by atoms with Gasteiger partial charge in [-0.15, -0.1) is 11.3 Å². The van der Waals surface area contributed by atoms with E-state index in [4.69, 9.17) is 0 Å². The van der Waals surface area contributed by atoms with Gasteiger partial charge in [0.25, 0.3) is 0 Å². The monoisotopic (exact) mass is 316 g/mol. The third kappa shape index (κ3) is 2.46. The van der Waals surface area contributed by atoms with Crippen molar-refractivity contribution < 1.29 is 5.11 Å². The van der Waals surface area contributed by atoms with Crippen molar-refractivity contribution in [3.63, 3.8) is 0 Å². The second kappa shape index (κ2) is 5.85. The first-order valence-corrected chi connectivity index (χ1v) is 8.73. The van der Waals surface area contributed by atoms with Gasteiger partial charge in [-0.2, -0.15) is 0 Å². The molecule has 6 heteroatoms. The predicted octanol–water partition coefficient (Wildman–Crippen LogP) is 2.06. The molecule has 2 aromatic heterocycles. The number of fused-ring (bicyclic) bond motifs is 1. The lowest BCUT2D eigenvalue weighted by Gasteiger charge is -2.29. The molecule has 0 amide bonds. The highest BCUT2D eigenvalue weighted by atomic mass is 32.1. The van der Waals surface area contributed by atoms with Gasteiger partial charge in [0.2, 0.25) is 0 Å². The topological polar surface area (TPSA) is 52.5 Å². The van der Waals surface area contributed by atoms with Crippen LogP contribution in [0.3, 0.4) is 0 Å². The molecule has 4 rings (SSSR count). The van der Waals surface area contributed by atoms with E-state index < -0.39 is 0 Å². The number of rotatable bonds is 3. The number of nitrogens with zero attached hydrogens (tertiary/aromatic N) is 4. The lowest BCUT2D eigenvalue weighted by molar-refractivity contribution is 0.266. The first kappa shape index (κ1) is 14.0. The van der Waals surface area contributed by atoms with Crippen molar-refractivity contribution in [2.45, 2.75) is 31.8 Å². The Bertz CT molecular complexity index is 659. The van der Waals surface area contributed by atoms with E-state index in [1.807, 2.05) is 11.3 Å². The summed E-state index contributed by atoms with van der Waals surface area (Å²) in [7, 11) is 0. The van der Waals surface area contributed by atoms with Gasteiger partial charge in [-0.1, -0.05) is 0 Å². The minimum atomic E-state index is 0.196. The fraction of sp³-hybridized carbons (Fsp3) is 0.500. The van der Waals surface area contributed by atoms with Crippen LogP contribution in [-0.4, -0.2) is 40.8 Å². The van der Waals surface area contributed by atoms with Gasteiger partial charge in [0.05, 0.1) is 12.6 Å². The van der Waals surface area contributed by atoms with Gasteiger partial charge in [-0.05, 0) is 36.3 Å². The highest BCUT2D eigenvalue weighted by Crippen LogP contribution is 2.29. The van der Waals surface area contributed by atoms with E-state index >= 15 is 0 Å². The number of aliphatic hydroxyl groups excluding tert-OH is 1. The lowest BCUT2D eigenvalue weighted by atomic mass is 10.1. The molecule has 1 saturated heterocycles. The Labute approximate surface area is 134 Å². The van der Waals surface area contributed by atoms with Gasteiger partial charge in [0.15, 0.2) is 0 Å². The number of aromatic nitrogens is 2. The maximum absolute atomic E-state index is 9.51. The molecule has 0 saturated carbocycles. The van der Waals surface area contributed by atoms with Crippen molar-refractivity contribution in [2.75, 3.05) is 29.5 Å². The lowest BCUT2D eigenvalue weighted by Crippen LogP contribution is -2.34. The average Bonchev–Trinajstić information content (AvgIpc) is 3.23. The summed E-state index contributed by atoms with van der Waals surface area (Å²) >= 11 is 1.85. The number of hydrogen-bond donors (Lipinski definition) is 1. The summed E-state index contributed by atoms with van der Waals surface area (Å²) in [5, 5.41) is 11.7. The smallest absolute Gasteiger partial charge is 0.134 e. The van der Waals surface area contributed by atoms with Crippen LogP contribution in [0.25, 0.3) is 0 Å². The summed E-state index contributed by atoms with van der Waals surface area (Å²) in [4.78, 5) is 14.9. The number of thiophene rings is 1. The normalized spacial score (nSPS) is 21.2. The zero-order valence-electron chi connectivity index (χ0n) is 12.5. The highest BCUT2D eigenvalue weighted by molar-refractivity contribution is 7.10. The Morgan fingerprint density at radius 2 is 2.18 bits per heavy atom. The quantitative estimate of drug-likeness (QED) is 0.939. The molecule has 5 nitrogen and oxygen atoms in total. The number of anilines is 2. The second-order valence-electron chi connectivity index (χ2n) is 5.95. The summed E-state index contributed by atoms with van der Waals surface area (Å²) in [6.07, 6.45) is 4.90. The van der Waals surface area contributed by atoms with Crippen LogP contribution < -0.4 is 9.80 Å². The van der Waals surface area contributed by atoms with Crippen molar-refractivity contribution in [1.82, 2.24) is 9.97 Å². The molecule has 2 aliphatic heterocycles. The van der Waals surface area contributed by atoms with E-state index in [1.54, 1.807) is 6.33 Å². The first-order valence-electron chi connectivity index (χ1n) is 7.85. The predicted molar refractivity (Wildman–Crippen MR) is 88.6 cm³/mol. The van der Waals surface area contributed by atoms with Gasteiger partial charge < -0.3 is 14.9 Å². The second-order valence-corrected chi connectivity index (χ2v) is 6.95. The fourth-order valence-corrected chi connectivity index (χ4v) is 4.33. The Morgan fingerprint density at radius 1 is 1.27 bits per heavy atom. The van der Waals surface area contributed by atoms with E-state index in [1.165, 1.54) is 10.4 Å². The highest BCUT2D eigenvalue weighted by Gasteiger charge is 2.26. The van der Waals surface area contributed by atoms with E-state index in [2.05, 4.69) is 37.3 Å². The van der Waals surface area contributed by atoms with Crippen LogP contribution in [0.4, 0.5) is 11.6 Å². The van der Waals surface area contributed by atoms with Crippen molar-refractivity contribution in [1.29, 1.82) is 0 Å². The molecular weight excluding hydrogens is 296 g/mol. The van der Waals surface area contributed by atoms with Crippen molar-refractivity contribution >= 4 is 23.0 Å². The standard InChI is InChI=1S/C16H20N4OS/c21-10-13-2-1-5-20(13)16-8-15(17-11-18-16)19-6-3-14-12(9-19)4-7-22-14/h4,7-8,11,13,21H,1-3,5-6,9-10H2. The maximum atomic E-state index is 9.51. The molecule has 2 aromatic rings. The Hall–Kier alpha value is -1.66. The summed E-state index contributed by atoms with van der Waals surface area (Å²) in [5.74, 6) is 1.93. The summed E-state index contributed by atoms with van der Waals surface area (Å²) in [5.41, 5.74) is 1.42. The van der Waals surface area contributed by atoms with Gasteiger partial charge in [0, 0.05) is 30.6 Å². The SMILES string of the molecule is OCC1CCCN1c1cc(N2CCc3sccc3C2)ncn1. The van der Waals surface area contributed by atoms with Crippen molar-refractivity contribution in [3.8, 4) is 0 Å². The molecule has 4 heterocycles. The van der Waals surface area contributed by atoms with Gasteiger partial charge in [0.1, 0.15) is 18.0 Å². The van der Waals surface area contributed by atoms with E-state index in [0.29, 0.717) is 0 Å². The molecule has 2 aliphatic rings. The fourth-order valence-electron chi connectivity index (χ4n) is 3.44. The van der Waals surface area contributed by atoms with Crippen molar-refractivity contribution in [2.24, 2.45) is 0 Å². The average molecular weight is 316 g/mol. The summed E-state index contributed by atoms with van der Waals surface area (Å²) in [6, 6.07) is 4.49. The molecule has 1 unspecified atom stereocenters. The zero-order valence-corrected chi connectivity index (χ0v) is 13.3. The molecule has 0 aromatic carbocycles. The Morgan fingerprint density at radius 3 is 3.09 bits per heavy atom. The van der Waals surface area contributed by atoms with Crippen LogP contribution >= 0.6 is 11.3 Å². The van der Waals surface area contributed by atoms with Crippen LogP contribution in [0.15, 0.2) is 23.8 Å². The maximum Gasteiger partial charge on any atom is 0.134 e. The first-order chi connectivity index (χ1) is 10.8. The van der Waals surface area contributed by atoms with Gasteiger partial charge in [-0.25, -0.2) is 9.97 Å². The molecule has 1 fully saturated rings. The Kier molecular flexibility index (Phi) is 3.72. The molecular formula is C16H20N4OS. The van der Waals surface area contributed by atoms with E-state index in [9.17, 15) is 5.11 Å². The molecule has 0 aliphatic carbocycles. The molecule has 1 atom stereocenters. The third-order valence-corrected chi connectivity index (χ3v) is 5.68. The molecule has 22 heavy (non-hydrogen) atoms. The largest absolute Gasteiger partial charge is 0.394 e. The van der Waals surface area contributed by atoms with Crippen LogP contribution in [0.2, 0.25) is 0 Å². The summed E-state index contributed by atoms with van der Waals surface area (Å²) < 4.78 is 0. The van der Waals surface area contributed by atoms with E-state index in [0.717, 1.165) is 50.5 Å².